The normalized spacial score (nSPS) is 15.5. The number of aromatic nitrogens is 2. The molecule has 0 radical (unpaired) electrons. The predicted octanol–water partition coefficient (Wildman–Crippen LogP) is 8.49. The second kappa shape index (κ2) is 15.9. The highest BCUT2D eigenvalue weighted by molar-refractivity contribution is 5.88. The van der Waals surface area contributed by atoms with Crippen LogP contribution in [0.15, 0.2) is 18.2 Å². The molecule has 2 aliphatic rings. The van der Waals surface area contributed by atoms with E-state index in [4.69, 9.17) is 14.2 Å². The van der Waals surface area contributed by atoms with Crippen LogP contribution in [-0.2, 0) is 15.9 Å². The van der Waals surface area contributed by atoms with Gasteiger partial charge >= 0.3 is 12.2 Å². The fraction of sp³-hybridized carbons (Fsp3) is 0.588. The van der Waals surface area contributed by atoms with Crippen LogP contribution in [0.1, 0.15) is 105 Å². The lowest BCUT2D eigenvalue weighted by atomic mass is 9.90. The Morgan fingerprint density at radius 1 is 1.00 bits per heavy atom. The van der Waals surface area contributed by atoms with Crippen LogP contribution >= 0.6 is 0 Å². The van der Waals surface area contributed by atoms with Crippen molar-refractivity contribution in [1.29, 1.82) is 0 Å². The average molecular weight is 630 g/mol. The van der Waals surface area contributed by atoms with E-state index in [-0.39, 0.29) is 11.9 Å². The molecule has 11 heteroatoms. The van der Waals surface area contributed by atoms with E-state index in [1.54, 1.807) is 46.9 Å². The minimum Gasteiger partial charge on any atom is -0.491 e. The van der Waals surface area contributed by atoms with Crippen LogP contribution in [-0.4, -0.2) is 53.1 Å². The lowest BCUT2D eigenvalue weighted by Crippen LogP contribution is -2.39. The molecule has 0 fully saturated rings. The predicted molar refractivity (Wildman–Crippen MR) is 178 cm³/mol. The molecule has 250 valence electrons. The number of nitrogens with one attached hydrogen (secondary N) is 2. The number of hydrogen-bond acceptors (Lipinski definition) is 8. The van der Waals surface area contributed by atoms with Crippen LogP contribution in [0.3, 0.4) is 0 Å². The number of pyridine rings is 2. The molecule has 3 heterocycles. The number of rotatable bonds is 5. The van der Waals surface area contributed by atoms with Gasteiger partial charge in [-0.2, -0.15) is 0 Å². The standard InChI is InChI=1S/C30H40FN5O5.2C2H6/c1-17-15-20(36(8)28(38)41-30(5,6)7)16-22(32-17)35-26-24(31)23(25-21(34-26)13-14-39-25)18-9-11-19(12-10-18)33-27(37)40-29(2,3)4;2*1-2/h9,15-16,19H,10-14H2,1-8H3,(H,33,37)(H,32,34,35);2*1-2H3. The summed E-state index contributed by atoms with van der Waals surface area (Å²) < 4.78 is 32.8. The van der Waals surface area contributed by atoms with Gasteiger partial charge in [0.1, 0.15) is 17.0 Å². The summed E-state index contributed by atoms with van der Waals surface area (Å²) in [5, 5.41) is 5.93. The molecule has 1 aliphatic carbocycles. The third-order valence-electron chi connectivity index (χ3n) is 6.44. The van der Waals surface area contributed by atoms with E-state index in [2.05, 4.69) is 20.6 Å². The molecule has 0 bridgehead atoms. The van der Waals surface area contributed by atoms with E-state index >= 15 is 4.39 Å². The van der Waals surface area contributed by atoms with E-state index < -0.39 is 29.2 Å². The van der Waals surface area contributed by atoms with E-state index in [0.717, 1.165) is 5.57 Å². The van der Waals surface area contributed by atoms with Gasteiger partial charge in [-0.25, -0.2) is 23.9 Å². The van der Waals surface area contributed by atoms with Crippen LogP contribution in [0.5, 0.6) is 5.75 Å². The number of nitrogens with zero attached hydrogens (tertiary/aromatic N) is 3. The number of alkyl carbamates (subject to hydrolysis) is 1. The highest BCUT2D eigenvalue weighted by Crippen LogP contribution is 2.41. The summed E-state index contributed by atoms with van der Waals surface area (Å²) in [4.78, 5) is 35.2. The number of carbonyl (C=O) groups is 2. The molecule has 4 rings (SSSR count). The maximum atomic E-state index is 16.1. The molecule has 1 aliphatic heterocycles. The lowest BCUT2D eigenvalue weighted by molar-refractivity contribution is 0.0500. The quantitative estimate of drug-likeness (QED) is 0.338. The number of allylic oxidation sites excluding steroid dienone is 1. The fourth-order valence-corrected chi connectivity index (χ4v) is 4.67. The maximum absolute atomic E-state index is 16.1. The molecule has 1 atom stereocenters. The Morgan fingerprint density at radius 2 is 1.64 bits per heavy atom. The average Bonchev–Trinajstić information content (AvgIpc) is 3.41. The smallest absolute Gasteiger partial charge is 0.414 e. The Morgan fingerprint density at radius 3 is 2.22 bits per heavy atom. The fourth-order valence-electron chi connectivity index (χ4n) is 4.67. The Bertz CT molecular complexity index is 1360. The first-order valence-corrected chi connectivity index (χ1v) is 15.9. The van der Waals surface area contributed by atoms with Gasteiger partial charge < -0.3 is 24.8 Å². The number of halogens is 1. The topological polar surface area (TPSA) is 115 Å². The molecule has 0 saturated carbocycles. The zero-order chi connectivity index (χ0) is 34.1. The Labute approximate surface area is 268 Å². The number of anilines is 3. The highest BCUT2D eigenvalue weighted by Gasteiger charge is 2.30. The van der Waals surface area contributed by atoms with Crippen molar-refractivity contribution >= 4 is 35.1 Å². The number of carbonyl (C=O) groups excluding carboxylic acids is 2. The van der Waals surface area contributed by atoms with E-state index in [9.17, 15) is 9.59 Å². The molecule has 2 aromatic rings. The number of hydrogen-bond donors (Lipinski definition) is 2. The zero-order valence-corrected chi connectivity index (χ0v) is 29.1. The molecule has 45 heavy (non-hydrogen) atoms. The van der Waals surface area contributed by atoms with Gasteiger partial charge in [0.2, 0.25) is 0 Å². The minimum absolute atomic E-state index is 0.0307. The van der Waals surface area contributed by atoms with Crippen LogP contribution in [0.2, 0.25) is 0 Å². The molecule has 2 aromatic heterocycles. The molecular formula is C34H52FN5O5. The molecule has 0 saturated heterocycles. The summed E-state index contributed by atoms with van der Waals surface area (Å²) in [5.74, 6) is 0.287. The van der Waals surface area contributed by atoms with Crippen LogP contribution in [0.25, 0.3) is 5.57 Å². The summed E-state index contributed by atoms with van der Waals surface area (Å²) in [7, 11) is 1.61. The first-order valence-electron chi connectivity index (χ1n) is 15.9. The Hall–Kier alpha value is -3.89. The second-order valence-electron chi connectivity index (χ2n) is 12.4. The molecule has 10 nitrogen and oxygen atoms in total. The zero-order valence-electron chi connectivity index (χ0n) is 29.1. The van der Waals surface area contributed by atoms with Crippen molar-refractivity contribution in [1.82, 2.24) is 15.3 Å². The van der Waals surface area contributed by atoms with Gasteiger partial charge in [-0.1, -0.05) is 33.8 Å². The first kappa shape index (κ1) is 37.3. The first-order chi connectivity index (χ1) is 21.1. The van der Waals surface area contributed by atoms with E-state index in [0.29, 0.717) is 66.5 Å². The van der Waals surface area contributed by atoms with Crippen molar-refractivity contribution in [3.8, 4) is 5.75 Å². The Balaban J connectivity index is 0.00000169. The number of fused-ring (bicyclic) bond motifs is 1. The van der Waals surface area contributed by atoms with Crippen molar-refractivity contribution in [2.24, 2.45) is 0 Å². The summed E-state index contributed by atoms with van der Waals surface area (Å²) in [6.07, 6.45) is 3.23. The highest BCUT2D eigenvalue weighted by atomic mass is 19.1. The van der Waals surface area contributed by atoms with Crippen molar-refractivity contribution in [3.05, 3.63) is 41.0 Å². The Kier molecular flexibility index (Phi) is 13.2. The van der Waals surface area contributed by atoms with E-state index in [1.807, 2.05) is 54.5 Å². The maximum Gasteiger partial charge on any atom is 0.414 e. The van der Waals surface area contributed by atoms with Crippen molar-refractivity contribution < 1.29 is 28.2 Å². The van der Waals surface area contributed by atoms with Gasteiger partial charge in [0.25, 0.3) is 0 Å². The van der Waals surface area contributed by atoms with Gasteiger partial charge in [-0.15, -0.1) is 0 Å². The van der Waals surface area contributed by atoms with Crippen LogP contribution in [0.4, 0.5) is 31.3 Å². The summed E-state index contributed by atoms with van der Waals surface area (Å²) in [6, 6.07) is 3.28. The van der Waals surface area contributed by atoms with Crippen molar-refractivity contribution in [3.63, 3.8) is 0 Å². The van der Waals surface area contributed by atoms with Gasteiger partial charge in [0.15, 0.2) is 17.4 Å². The van der Waals surface area contributed by atoms with Gasteiger partial charge in [0.05, 0.1) is 23.6 Å². The number of aryl methyl sites for hydroxylation is 1. The third-order valence-corrected chi connectivity index (χ3v) is 6.44. The third kappa shape index (κ3) is 10.6. The van der Waals surface area contributed by atoms with Crippen molar-refractivity contribution in [2.75, 3.05) is 23.9 Å². The summed E-state index contributed by atoms with van der Waals surface area (Å²) in [6.45, 7) is 21.0. The van der Waals surface area contributed by atoms with Gasteiger partial charge in [-0.05, 0) is 79.4 Å². The molecule has 1 unspecified atom stereocenters. The SMILES string of the molecule is CC.CC.Cc1cc(N(C)C(=O)OC(C)(C)C)cc(Nc2nc3c(c(C4=CCC(NC(=O)OC(C)(C)C)CC4)c2F)OCC3)n1. The van der Waals surface area contributed by atoms with Gasteiger partial charge in [-0.3, -0.25) is 4.90 Å². The largest absolute Gasteiger partial charge is 0.491 e. The lowest BCUT2D eigenvalue weighted by Gasteiger charge is -2.26. The second-order valence-corrected chi connectivity index (χ2v) is 12.4. The van der Waals surface area contributed by atoms with Crippen LogP contribution in [0, 0.1) is 12.7 Å². The molecule has 2 amide bonds. The number of amides is 2. The van der Waals surface area contributed by atoms with Crippen LogP contribution < -0.4 is 20.3 Å². The minimum atomic E-state index is -0.649. The molecule has 0 spiro atoms. The molecule has 2 N–H and O–H groups in total. The van der Waals surface area contributed by atoms with Crippen molar-refractivity contribution in [2.45, 2.75) is 119 Å². The van der Waals surface area contributed by atoms with Gasteiger partial charge in [0, 0.05) is 31.3 Å². The molecular weight excluding hydrogens is 577 g/mol. The van der Waals surface area contributed by atoms with E-state index in [1.165, 1.54) is 4.90 Å². The molecule has 0 aromatic carbocycles. The number of ether oxygens (including phenoxy) is 3. The summed E-state index contributed by atoms with van der Waals surface area (Å²) in [5.41, 5.74) is 1.78. The summed E-state index contributed by atoms with van der Waals surface area (Å²) >= 11 is 0. The monoisotopic (exact) mass is 629 g/mol.